The molecule has 0 radical (unpaired) electrons. The molecule has 20 heavy (non-hydrogen) atoms. The Balaban J connectivity index is 2.27. The molecule has 7 nitrogen and oxygen atoms in total. The molecule has 1 N–H and O–H groups in total. The summed E-state index contributed by atoms with van der Waals surface area (Å²) < 4.78 is 0.420. The van der Waals surface area contributed by atoms with Gasteiger partial charge in [0.25, 0.3) is 11.6 Å². The van der Waals surface area contributed by atoms with Crippen molar-refractivity contribution < 1.29 is 9.72 Å². The Labute approximate surface area is 126 Å². The van der Waals surface area contributed by atoms with Crippen molar-refractivity contribution in [3.63, 3.8) is 0 Å². The van der Waals surface area contributed by atoms with E-state index in [0.29, 0.717) is 4.47 Å². The summed E-state index contributed by atoms with van der Waals surface area (Å²) in [4.78, 5) is 29.7. The number of anilines is 1. The predicted octanol–water partition coefficient (Wildman–Crippen LogP) is 3.05. The molecule has 1 aromatic heterocycles. The molecule has 2 rings (SSSR count). The van der Waals surface area contributed by atoms with Crippen LogP contribution in [0, 0.1) is 10.1 Å². The maximum absolute atomic E-state index is 12.0. The molecule has 2 aromatic rings. The molecule has 0 aliphatic rings. The molecule has 0 saturated carbocycles. The number of non-ortho nitro benzene ring substituents is 1. The van der Waals surface area contributed by atoms with E-state index in [2.05, 4.69) is 31.2 Å². The van der Waals surface area contributed by atoms with Gasteiger partial charge in [-0.05, 0) is 12.1 Å². The van der Waals surface area contributed by atoms with Crippen LogP contribution in [0.2, 0.25) is 5.15 Å². The van der Waals surface area contributed by atoms with Gasteiger partial charge in [0.1, 0.15) is 5.15 Å². The molecule has 0 bridgehead atoms. The van der Waals surface area contributed by atoms with E-state index in [0.717, 1.165) is 6.07 Å². The standard InChI is InChI=1S/C11H6BrClN4O3/c12-7-3-6(4-8(5-7)17(19)20)10(18)16-11-14-2-1-9(13)15-11/h1-5H,(H,14,15,16,18). The second-order valence-corrected chi connectivity index (χ2v) is 4.92. The summed E-state index contributed by atoms with van der Waals surface area (Å²) >= 11 is 8.78. The Morgan fingerprint density at radius 1 is 1.40 bits per heavy atom. The molecule has 0 fully saturated rings. The zero-order valence-corrected chi connectivity index (χ0v) is 12.1. The topological polar surface area (TPSA) is 98.0 Å². The SMILES string of the molecule is O=C(Nc1nccc(Cl)n1)c1cc(Br)cc([N+](=O)[O-])c1. The van der Waals surface area contributed by atoms with Crippen LogP contribution in [-0.2, 0) is 0 Å². The predicted molar refractivity (Wildman–Crippen MR) is 75.8 cm³/mol. The van der Waals surface area contributed by atoms with Crippen molar-refractivity contribution in [1.82, 2.24) is 9.97 Å². The molecule has 0 unspecified atom stereocenters. The quantitative estimate of drug-likeness (QED) is 0.517. The van der Waals surface area contributed by atoms with Crippen LogP contribution in [-0.4, -0.2) is 20.8 Å². The zero-order chi connectivity index (χ0) is 14.7. The Bertz CT molecular complexity index is 695. The van der Waals surface area contributed by atoms with Crippen LogP contribution in [0.3, 0.4) is 0 Å². The van der Waals surface area contributed by atoms with Gasteiger partial charge in [-0.2, -0.15) is 0 Å². The molecule has 0 aliphatic carbocycles. The first kappa shape index (κ1) is 14.4. The summed E-state index contributed by atoms with van der Waals surface area (Å²) in [7, 11) is 0. The van der Waals surface area contributed by atoms with Crippen molar-refractivity contribution in [2.45, 2.75) is 0 Å². The third kappa shape index (κ3) is 3.49. The van der Waals surface area contributed by atoms with Gasteiger partial charge >= 0.3 is 0 Å². The van der Waals surface area contributed by atoms with Crippen molar-refractivity contribution in [3.8, 4) is 0 Å². The zero-order valence-electron chi connectivity index (χ0n) is 9.71. The van der Waals surface area contributed by atoms with Crippen LogP contribution in [0.1, 0.15) is 10.4 Å². The lowest BCUT2D eigenvalue weighted by Crippen LogP contribution is -2.14. The lowest BCUT2D eigenvalue weighted by atomic mass is 10.2. The van der Waals surface area contributed by atoms with Crippen LogP contribution in [0.25, 0.3) is 0 Å². The van der Waals surface area contributed by atoms with Gasteiger partial charge in [0, 0.05) is 28.4 Å². The Kier molecular flexibility index (Phi) is 4.26. The van der Waals surface area contributed by atoms with Crippen molar-refractivity contribution >= 4 is 45.1 Å². The normalized spacial score (nSPS) is 10.1. The first-order valence-corrected chi connectivity index (χ1v) is 6.37. The summed E-state index contributed by atoms with van der Waals surface area (Å²) in [6.07, 6.45) is 1.38. The fourth-order valence-corrected chi connectivity index (χ4v) is 2.00. The Hall–Kier alpha value is -2.06. The van der Waals surface area contributed by atoms with E-state index < -0.39 is 10.8 Å². The van der Waals surface area contributed by atoms with E-state index in [9.17, 15) is 14.9 Å². The molecule has 1 aromatic carbocycles. The fourth-order valence-electron chi connectivity index (χ4n) is 1.38. The summed E-state index contributed by atoms with van der Waals surface area (Å²) in [5, 5.41) is 13.3. The van der Waals surface area contributed by atoms with Gasteiger partial charge in [-0.15, -0.1) is 0 Å². The number of aromatic nitrogens is 2. The number of carbonyl (C=O) groups excluding carboxylic acids is 1. The number of hydrogen-bond donors (Lipinski definition) is 1. The summed E-state index contributed by atoms with van der Waals surface area (Å²) in [6, 6.07) is 5.37. The minimum absolute atomic E-state index is 0.0186. The van der Waals surface area contributed by atoms with E-state index >= 15 is 0 Å². The highest BCUT2D eigenvalue weighted by atomic mass is 79.9. The van der Waals surface area contributed by atoms with Gasteiger partial charge in [-0.1, -0.05) is 27.5 Å². The molecular weight excluding hydrogens is 352 g/mol. The lowest BCUT2D eigenvalue weighted by Gasteiger charge is -2.04. The average Bonchev–Trinajstić information content (AvgIpc) is 2.37. The molecule has 1 heterocycles. The molecule has 9 heteroatoms. The van der Waals surface area contributed by atoms with Gasteiger partial charge in [0.15, 0.2) is 0 Å². The van der Waals surface area contributed by atoms with Crippen molar-refractivity contribution in [3.05, 3.63) is 55.8 Å². The van der Waals surface area contributed by atoms with Gasteiger partial charge < -0.3 is 0 Å². The van der Waals surface area contributed by atoms with Gasteiger partial charge in [-0.3, -0.25) is 20.2 Å². The van der Waals surface area contributed by atoms with Crippen LogP contribution in [0.4, 0.5) is 11.6 Å². The van der Waals surface area contributed by atoms with Crippen LogP contribution in [0.5, 0.6) is 0 Å². The summed E-state index contributed by atoms with van der Waals surface area (Å²) in [5.74, 6) is -0.554. The maximum Gasteiger partial charge on any atom is 0.271 e. The van der Waals surface area contributed by atoms with Crippen molar-refractivity contribution in [2.75, 3.05) is 5.32 Å². The van der Waals surface area contributed by atoms with E-state index in [4.69, 9.17) is 11.6 Å². The third-order valence-corrected chi connectivity index (χ3v) is 2.87. The number of carbonyl (C=O) groups is 1. The number of nitro benzene ring substituents is 1. The number of hydrogen-bond acceptors (Lipinski definition) is 5. The van der Waals surface area contributed by atoms with Gasteiger partial charge in [0.05, 0.1) is 4.92 Å². The van der Waals surface area contributed by atoms with Crippen LogP contribution < -0.4 is 5.32 Å². The lowest BCUT2D eigenvalue weighted by molar-refractivity contribution is -0.384. The molecule has 0 saturated heterocycles. The van der Waals surface area contributed by atoms with Crippen molar-refractivity contribution in [2.24, 2.45) is 0 Å². The van der Waals surface area contributed by atoms with Crippen LogP contribution in [0.15, 0.2) is 34.9 Å². The Morgan fingerprint density at radius 2 is 2.15 bits per heavy atom. The number of nitrogens with zero attached hydrogens (tertiary/aromatic N) is 3. The number of nitro groups is 1. The number of halogens is 2. The first-order valence-electron chi connectivity index (χ1n) is 5.20. The molecule has 0 aliphatic heterocycles. The highest BCUT2D eigenvalue weighted by Gasteiger charge is 2.14. The van der Waals surface area contributed by atoms with E-state index in [1.165, 1.54) is 24.4 Å². The molecular formula is C11H6BrClN4O3. The monoisotopic (exact) mass is 356 g/mol. The largest absolute Gasteiger partial charge is 0.290 e. The van der Waals surface area contributed by atoms with E-state index in [1.807, 2.05) is 0 Å². The van der Waals surface area contributed by atoms with Gasteiger partial charge in [-0.25, -0.2) is 9.97 Å². The minimum Gasteiger partial charge on any atom is -0.290 e. The van der Waals surface area contributed by atoms with E-state index in [-0.39, 0.29) is 22.4 Å². The molecule has 102 valence electrons. The van der Waals surface area contributed by atoms with Gasteiger partial charge in [0.2, 0.25) is 5.95 Å². The third-order valence-electron chi connectivity index (χ3n) is 2.20. The minimum atomic E-state index is -0.586. The second kappa shape index (κ2) is 5.93. The Morgan fingerprint density at radius 3 is 2.80 bits per heavy atom. The number of nitrogens with one attached hydrogen (secondary N) is 1. The van der Waals surface area contributed by atoms with Crippen molar-refractivity contribution in [1.29, 1.82) is 0 Å². The summed E-state index contributed by atoms with van der Waals surface area (Å²) in [5.41, 5.74) is -0.0915. The molecule has 0 atom stereocenters. The smallest absolute Gasteiger partial charge is 0.271 e. The van der Waals surface area contributed by atoms with Crippen LogP contribution >= 0.6 is 27.5 Å². The molecule has 1 amide bonds. The fraction of sp³-hybridized carbons (Fsp3) is 0. The first-order chi connectivity index (χ1) is 9.45. The summed E-state index contributed by atoms with van der Waals surface area (Å²) in [6.45, 7) is 0. The number of benzene rings is 1. The highest BCUT2D eigenvalue weighted by molar-refractivity contribution is 9.10. The number of amides is 1. The molecule has 0 spiro atoms. The number of rotatable bonds is 3. The second-order valence-electron chi connectivity index (χ2n) is 3.61. The maximum atomic E-state index is 12.0. The van der Waals surface area contributed by atoms with E-state index in [1.54, 1.807) is 0 Å². The highest BCUT2D eigenvalue weighted by Crippen LogP contribution is 2.22. The average molecular weight is 358 g/mol.